The Morgan fingerprint density at radius 3 is 2.46 bits per heavy atom. The van der Waals surface area contributed by atoms with Gasteiger partial charge >= 0.3 is 11.9 Å². The van der Waals surface area contributed by atoms with Crippen molar-refractivity contribution in [2.24, 2.45) is 5.92 Å². The van der Waals surface area contributed by atoms with Crippen LogP contribution < -0.4 is 0 Å². The summed E-state index contributed by atoms with van der Waals surface area (Å²) in [5, 5.41) is 18.0. The number of carbonyl (C=O) groups is 2. The Hall–Kier alpha value is -2.61. The summed E-state index contributed by atoms with van der Waals surface area (Å²) in [6, 6.07) is 7.78. The van der Waals surface area contributed by atoms with Gasteiger partial charge in [0.05, 0.1) is 12.2 Å². The van der Waals surface area contributed by atoms with E-state index >= 15 is 0 Å². The van der Waals surface area contributed by atoms with E-state index in [1.807, 2.05) is 6.07 Å². The van der Waals surface area contributed by atoms with Gasteiger partial charge < -0.3 is 9.84 Å². The van der Waals surface area contributed by atoms with Crippen molar-refractivity contribution >= 4 is 18.0 Å². The zero-order chi connectivity index (χ0) is 17.9. The molecule has 0 aliphatic carbocycles. The van der Waals surface area contributed by atoms with Gasteiger partial charge in [0.2, 0.25) is 0 Å². The van der Waals surface area contributed by atoms with Gasteiger partial charge in [-0.05, 0) is 36.1 Å². The van der Waals surface area contributed by atoms with E-state index in [0.29, 0.717) is 18.1 Å². The van der Waals surface area contributed by atoms with Crippen molar-refractivity contribution in [3.63, 3.8) is 0 Å². The van der Waals surface area contributed by atoms with Crippen LogP contribution in [0.5, 0.6) is 0 Å². The molecule has 0 bridgehead atoms. The Balaban J connectivity index is 2.72. The minimum atomic E-state index is -1.02. The molecule has 0 radical (unpaired) electrons. The lowest BCUT2D eigenvalue weighted by molar-refractivity contribution is -0.139. The molecule has 0 aromatic heterocycles. The summed E-state index contributed by atoms with van der Waals surface area (Å²) >= 11 is 0. The van der Waals surface area contributed by atoms with Gasteiger partial charge in [-0.15, -0.1) is 0 Å². The highest BCUT2D eigenvalue weighted by molar-refractivity contribution is 5.98. The standard InChI is InChI=1S/C19H23NO4/c1-3-5-6-14(4-2)13-24-19(23)17(12-20)11-15-7-9-16(10-8-15)18(21)22/h7-11,14H,3-6,13H2,1-2H3,(H,21,22). The highest BCUT2D eigenvalue weighted by Crippen LogP contribution is 2.15. The van der Waals surface area contributed by atoms with Crippen LogP contribution in [0.4, 0.5) is 0 Å². The van der Waals surface area contributed by atoms with Gasteiger partial charge in [0, 0.05) is 0 Å². The first-order valence-corrected chi connectivity index (χ1v) is 8.14. The van der Waals surface area contributed by atoms with Gasteiger partial charge in [-0.2, -0.15) is 5.26 Å². The molecule has 128 valence electrons. The second kappa shape index (κ2) is 10.2. The predicted molar refractivity (Wildman–Crippen MR) is 91.3 cm³/mol. The summed E-state index contributed by atoms with van der Waals surface area (Å²) in [5.74, 6) is -1.36. The predicted octanol–water partition coefficient (Wildman–Crippen LogP) is 4.05. The monoisotopic (exact) mass is 329 g/mol. The van der Waals surface area contributed by atoms with Crippen molar-refractivity contribution < 1.29 is 19.4 Å². The lowest BCUT2D eigenvalue weighted by atomic mass is 10.0. The molecule has 1 atom stereocenters. The third kappa shape index (κ3) is 6.25. The number of hydrogen-bond acceptors (Lipinski definition) is 4. The first-order valence-electron chi connectivity index (χ1n) is 8.14. The number of ether oxygens (including phenoxy) is 1. The Morgan fingerprint density at radius 1 is 1.29 bits per heavy atom. The number of aromatic carboxylic acids is 1. The summed E-state index contributed by atoms with van der Waals surface area (Å²) in [4.78, 5) is 22.9. The van der Waals surface area contributed by atoms with Gasteiger partial charge in [0.15, 0.2) is 0 Å². The van der Waals surface area contributed by atoms with Gasteiger partial charge in [0.1, 0.15) is 11.6 Å². The largest absolute Gasteiger partial charge is 0.478 e. The Labute approximate surface area is 142 Å². The van der Waals surface area contributed by atoms with Gasteiger partial charge in [-0.1, -0.05) is 45.2 Å². The Kier molecular flexibility index (Phi) is 8.28. The number of hydrogen-bond donors (Lipinski definition) is 1. The zero-order valence-corrected chi connectivity index (χ0v) is 14.1. The smallest absolute Gasteiger partial charge is 0.348 e. The molecule has 0 amide bonds. The fourth-order valence-corrected chi connectivity index (χ4v) is 2.19. The molecule has 24 heavy (non-hydrogen) atoms. The third-order valence-electron chi connectivity index (χ3n) is 3.80. The molecule has 1 unspecified atom stereocenters. The molecule has 1 N–H and O–H groups in total. The van der Waals surface area contributed by atoms with Crippen molar-refractivity contribution in [2.45, 2.75) is 39.5 Å². The number of esters is 1. The van der Waals surface area contributed by atoms with Crippen LogP contribution in [-0.2, 0) is 9.53 Å². The van der Waals surface area contributed by atoms with Crippen molar-refractivity contribution in [1.29, 1.82) is 5.26 Å². The lowest BCUT2D eigenvalue weighted by Crippen LogP contribution is -2.15. The average Bonchev–Trinajstić information content (AvgIpc) is 2.60. The normalized spacial score (nSPS) is 12.3. The minimum Gasteiger partial charge on any atom is -0.478 e. The molecule has 0 aliphatic rings. The molecule has 5 nitrogen and oxygen atoms in total. The molecular formula is C19H23NO4. The van der Waals surface area contributed by atoms with Crippen molar-refractivity contribution in [3.05, 3.63) is 41.0 Å². The Morgan fingerprint density at radius 2 is 1.96 bits per heavy atom. The zero-order valence-electron chi connectivity index (χ0n) is 14.1. The van der Waals surface area contributed by atoms with E-state index in [9.17, 15) is 9.59 Å². The number of carbonyl (C=O) groups excluding carboxylic acids is 1. The van der Waals surface area contributed by atoms with E-state index in [1.165, 1.54) is 18.2 Å². The first-order chi connectivity index (χ1) is 11.5. The minimum absolute atomic E-state index is 0.0941. The van der Waals surface area contributed by atoms with Crippen LogP contribution in [0.1, 0.15) is 55.5 Å². The van der Waals surface area contributed by atoms with E-state index in [4.69, 9.17) is 15.1 Å². The van der Waals surface area contributed by atoms with Gasteiger partial charge in [-0.3, -0.25) is 0 Å². The number of benzene rings is 1. The molecule has 0 aliphatic heterocycles. The molecule has 0 spiro atoms. The molecular weight excluding hydrogens is 306 g/mol. The number of nitriles is 1. The van der Waals surface area contributed by atoms with Crippen LogP contribution in [0, 0.1) is 17.2 Å². The van der Waals surface area contributed by atoms with E-state index in [0.717, 1.165) is 25.7 Å². The van der Waals surface area contributed by atoms with Crippen molar-refractivity contribution in [1.82, 2.24) is 0 Å². The van der Waals surface area contributed by atoms with Gasteiger partial charge in [-0.25, -0.2) is 9.59 Å². The highest BCUT2D eigenvalue weighted by atomic mass is 16.5. The van der Waals surface area contributed by atoms with E-state index in [1.54, 1.807) is 12.1 Å². The summed E-state index contributed by atoms with van der Waals surface area (Å²) in [5.41, 5.74) is 0.630. The quantitative estimate of drug-likeness (QED) is 0.419. The molecule has 0 heterocycles. The van der Waals surface area contributed by atoms with Crippen molar-refractivity contribution in [2.75, 3.05) is 6.61 Å². The second-order valence-electron chi connectivity index (χ2n) is 5.61. The van der Waals surface area contributed by atoms with Crippen LogP contribution >= 0.6 is 0 Å². The number of carboxylic acids is 1. The van der Waals surface area contributed by atoms with E-state index < -0.39 is 11.9 Å². The molecule has 5 heteroatoms. The second-order valence-corrected chi connectivity index (χ2v) is 5.61. The topological polar surface area (TPSA) is 87.4 Å². The molecule has 0 fully saturated rings. The van der Waals surface area contributed by atoms with Crippen LogP contribution in [0.3, 0.4) is 0 Å². The summed E-state index contributed by atoms with van der Waals surface area (Å²) < 4.78 is 5.26. The molecule has 0 saturated carbocycles. The van der Waals surface area contributed by atoms with Crippen LogP contribution in [0.25, 0.3) is 6.08 Å². The molecule has 1 aromatic carbocycles. The number of carboxylic acid groups (broad SMARTS) is 1. The maximum Gasteiger partial charge on any atom is 0.348 e. The SMILES string of the molecule is CCCCC(CC)COC(=O)C(C#N)=Cc1ccc(C(=O)O)cc1. The first kappa shape index (κ1) is 19.4. The summed E-state index contributed by atoms with van der Waals surface area (Å²) in [7, 11) is 0. The fraction of sp³-hybridized carbons (Fsp3) is 0.421. The average molecular weight is 329 g/mol. The molecule has 1 aromatic rings. The lowest BCUT2D eigenvalue weighted by Gasteiger charge is -2.14. The van der Waals surface area contributed by atoms with Gasteiger partial charge in [0.25, 0.3) is 0 Å². The maximum atomic E-state index is 12.0. The number of unbranched alkanes of at least 4 members (excludes halogenated alkanes) is 1. The summed E-state index contributed by atoms with van der Waals surface area (Å²) in [6.07, 6.45) is 5.52. The summed E-state index contributed by atoms with van der Waals surface area (Å²) in [6.45, 7) is 4.48. The van der Waals surface area contributed by atoms with Crippen molar-refractivity contribution in [3.8, 4) is 6.07 Å². The third-order valence-corrected chi connectivity index (χ3v) is 3.80. The van der Waals surface area contributed by atoms with Crippen LogP contribution in [0.15, 0.2) is 29.8 Å². The fourth-order valence-electron chi connectivity index (χ4n) is 2.19. The molecule has 1 rings (SSSR count). The Bertz CT molecular complexity index is 626. The van der Waals surface area contributed by atoms with E-state index in [2.05, 4.69) is 13.8 Å². The van der Waals surface area contributed by atoms with Crippen LogP contribution in [0.2, 0.25) is 0 Å². The number of nitrogens with zero attached hydrogens (tertiary/aromatic N) is 1. The van der Waals surface area contributed by atoms with E-state index in [-0.39, 0.29) is 11.1 Å². The maximum absolute atomic E-state index is 12.0. The highest BCUT2D eigenvalue weighted by Gasteiger charge is 2.14. The number of rotatable bonds is 9. The molecule has 0 saturated heterocycles. The van der Waals surface area contributed by atoms with Crippen LogP contribution in [-0.4, -0.2) is 23.7 Å².